The first kappa shape index (κ1) is 76.8. The van der Waals surface area contributed by atoms with Crippen LogP contribution in [0.15, 0.2) is 0 Å². The lowest BCUT2D eigenvalue weighted by molar-refractivity contribution is 0.0293. The fourth-order valence-corrected chi connectivity index (χ4v) is 24.1. The highest BCUT2D eigenvalue weighted by Crippen LogP contribution is 2.41. The molecule has 0 bridgehead atoms. The third kappa shape index (κ3) is 18.8. The SMILES string of the molecule is O=C(NCCC(CCNC(=O)Nc1c(I)c(C(=O)N2CCOCC2)c(I)c(C(=O)N2CCOCC2)c1I)CCNC(=O)Nc1c(I)c(C(=O)N2CCOCC2)c(I)c(C(=O)N2CCOCC2)c1I)Nc1c(I)c(C(=O)N2CCOCC2)c(I)c(C(=O)N2CCOCC2)c1I. The molecule has 0 aliphatic carbocycles. The van der Waals surface area contributed by atoms with Crippen LogP contribution < -0.4 is 31.9 Å². The van der Waals surface area contributed by atoms with Gasteiger partial charge < -0.3 is 89.7 Å². The number of anilines is 3. The zero-order chi connectivity index (χ0) is 67.3. The number of urea groups is 3. The molecular formula is C58H67I9N12O15. The van der Waals surface area contributed by atoms with E-state index in [1.165, 1.54) is 0 Å². The molecule has 0 spiro atoms. The molecule has 0 saturated carbocycles. The molecule has 3 aromatic rings. The summed E-state index contributed by atoms with van der Waals surface area (Å²) in [7, 11) is 0. The zero-order valence-corrected chi connectivity index (χ0v) is 69.9. The number of nitrogens with one attached hydrogen (secondary N) is 6. The highest BCUT2D eigenvalue weighted by atomic mass is 127. The third-order valence-corrected chi connectivity index (χ3v) is 26.0. The lowest BCUT2D eigenvalue weighted by atomic mass is 9.97. The van der Waals surface area contributed by atoms with Crippen LogP contribution in [0.2, 0.25) is 0 Å². The van der Waals surface area contributed by atoms with E-state index in [0.29, 0.717) is 260 Å². The molecule has 6 aliphatic heterocycles. The number of morpholine rings is 6. The molecule has 3 aromatic carbocycles. The number of carbonyl (C=O) groups is 9. The molecule has 6 fully saturated rings. The topological polar surface area (TPSA) is 301 Å². The second-order valence-electron chi connectivity index (χ2n) is 22.0. The van der Waals surface area contributed by atoms with Gasteiger partial charge in [0, 0.05) is 109 Å². The molecule has 6 saturated heterocycles. The highest BCUT2D eigenvalue weighted by molar-refractivity contribution is 14.1. The smallest absolute Gasteiger partial charge is 0.319 e. The number of hydrogen-bond donors (Lipinski definition) is 6. The zero-order valence-electron chi connectivity index (χ0n) is 50.5. The molecular weight excluding hydrogens is 2250 g/mol. The van der Waals surface area contributed by atoms with Crippen molar-refractivity contribution in [2.24, 2.45) is 5.92 Å². The summed E-state index contributed by atoms with van der Waals surface area (Å²) in [5.74, 6) is -1.98. The Labute approximate surface area is 665 Å². The Morgan fingerprint density at radius 3 is 0.596 bits per heavy atom. The van der Waals surface area contributed by atoms with Gasteiger partial charge in [-0.05, 0) is 228 Å². The Bertz CT molecular complexity index is 2880. The van der Waals surface area contributed by atoms with Crippen LogP contribution in [-0.2, 0) is 28.4 Å². The quantitative estimate of drug-likeness (QED) is 0.0672. The molecule has 6 heterocycles. The first-order valence-electron chi connectivity index (χ1n) is 30.2. The van der Waals surface area contributed by atoms with Gasteiger partial charge in [0.05, 0.1) is 151 Å². The van der Waals surface area contributed by atoms with E-state index in [1.54, 1.807) is 29.4 Å². The van der Waals surface area contributed by atoms with Crippen LogP contribution in [0.3, 0.4) is 0 Å². The first-order chi connectivity index (χ1) is 45.2. The Morgan fingerprint density at radius 2 is 0.436 bits per heavy atom. The van der Waals surface area contributed by atoms with Gasteiger partial charge in [0.2, 0.25) is 0 Å². The monoisotopic (exact) mass is 2310 g/mol. The third-order valence-electron chi connectivity index (χ3n) is 16.3. The Morgan fingerprint density at radius 1 is 0.277 bits per heavy atom. The minimum Gasteiger partial charge on any atom is -0.378 e. The molecule has 0 unspecified atom stereocenters. The molecule has 36 heteroatoms. The molecule has 6 N–H and O–H groups in total. The van der Waals surface area contributed by atoms with E-state index >= 15 is 0 Å². The van der Waals surface area contributed by atoms with Crippen LogP contribution >= 0.6 is 203 Å². The summed E-state index contributed by atoms with van der Waals surface area (Å²) in [5.41, 5.74) is 2.70. The predicted molar refractivity (Wildman–Crippen MR) is 423 cm³/mol. The van der Waals surface area contributed by atoms with Crippen molar-refractivity contribution in [3.63, 3.8) is 0 Å². The van der Waals surface area contributed by atoms with Gasteiger partial charge in [-0.3, -0.25) is 28.8 Å². The van der Waals surface area contributed by atoms with Crippen molar-refractivity contribution in [1.82, 2.24) is 45.3 Å². The van der Waals surface area contributed by atoms with Crippen LogP contribution in [-0.4, -0.2) is 260 Å². The lowest BCUT2D eigenvalue weighted by Crippen LogP contribution is -2.43. The summed E-state index contributed by atoms with van der Waals surface area (Å²) in [5, 5.41) is 17.8. The van der Waals surface area contributed by atoms with Crippen molar-refractivity contribution in [1.29, 1.82) is 0 Å². The largest absolute Gasteiger partial charge is 0.378 e. The number of rotatable bonds is 18. The second-order valence-corrected chi connectivity index (χ2v) is 31.7. The van der Waals surface area contributed by atoms with E-state index in [0.717, 1.165) is 0 Å². The van der Waals surface area contributed by atoms with Gasteiger partial charge in [-0.15, -0.1) is 0 Å². The number of nitrogens with zero attached hydrogens (tertiary/aromatic N) is 6. The summed E-state index contributed by atoms with van der Waals surface area (Å²) in [6.45, 7) is 9.03. The molecule has 94 heavy (non-hydrogen) atoms. The molecule has 9 rings (SSSR count). The maximum atomic E-state index is 14.3. The number of halogens is 9. The van der Waals surface area contributed by atoms with Crippen molar-refractivity contribution in [3.05, 3.63) is 65.5 Å². The summed E-state index contributed by atoms with van der Waals surface area (Å²) in [4.78, 5) is 139. The number of carbonyl (C=O) groups excluding carboxylic acids is 9. The van der Waals surface area contributed by atoms with Gasteiger partial charge >= 0.3 is 18.1 Å². The Kier molecular flexibility index (Phi) is 30.2. The Balaban J connectivity index is 0.944. The van der Waals surface area contributed by atoms with E-state index in [4.69, 9.17) is 28.4 Å². The predicted octanol–water partition coefficient (Wildman–Crippen LogP) is 7.51. The van der Waals surface area contributed by atoms with E-state index < -0.39 is 18.1 Å². The summed E-state index contributed by atoms with van der Waals surface area (Å²) >= 11 is 18.5. The van der Waals surface area contributed by atoms with Crippen LogP contribution in [0, 0.1) is 38.0 Å². The number of amides is 12. The molecule has 27 nitrogen and oxygen atoms in total. The molecule has 512 valence electrons. The highest BCUT2D eigenvalue weighted by Gasteiger charge is 2.38. The van der Waals surface area contributed by atoms with Gasteiger partial charge in [-0.1, -0.05) is 0 Å². The standard InChI is InChI=1S/C58H67I9N12O15/c59-38-32(50(80)74-7-19-89-20-8-74)41(62)47(42(63)33(38)51(81)75-9-21-90-22-10-75)71-56(86)68-4-1-31(2-5-69-57(87)72-48-43(64)34(52(82)76-11-23-91-24-12-76)39(60)35(44(48)65)53(83)77-13-25-92-26-14-77)3-6-70-58(88)73-49-45(66)36(54(84)78-15-27-93-28-16-78)40(61)37(46(49)67)55(85)79-17-29-94-30-18-79/h31H,1-30H2,(H2,68,71,86)(H2,69,72,87)(H2,70,73,88). The minimum atomic E-state index is -0.598. The second kappa shape index (κ2) is 37.0. The van der Waals surface area contributed by atoms with Gasteiger partial charge in [-0.2, -0.15) is 0 Å². The van der Waals surface area contributed by atoms with Gasteiger partial charge in [0.15, 0.2) is 0 Å². The molecule has 0 aromatic heterocycles. The van der Waals surface area contributed by atoms with Crippen molar-refractivity contribution in [2.75, 3.05) is 193 Å². The van der Waals surface area contributed by atoms with Crippen LogP contribution in [0.4, 0.5) is 31.4 Å². The molecule has 12 amide bonds. The van der Waals surface area contributed by atoms with Crippen LogP contribution in [0.1, 0.15) is 81.4 Å². The molecule has 0 radical (unpaired) electrons. The van der Waals surface area contributed by atoms with Crippen molar-refractivity contribution in [2.45, 2.75) is 19.3 Å². The fourth-order valence-electron chi connectivity index (χ4n) is 11.1. The maximum Gasteiger partial charge on any atom is 0.319 e. The maximum absolute atomic E-state index is 14.3. The van der Waals surface area contributed by atoms with E-state index in [2.05, 4.69) is 235 Å². The van der Waals surface area contributed by atoms with Gasteiger partial charge in [-0.25, -0.2) is 14.4 Å². The van der Waals surface area contributed by atoms with Crippen LogP contribution in [0.25, 0.3) is 0 Å². The van der Waals surface area contributed by atoms with Gasteiger partial charge in [0.1, 0.15) is 0 Å². The van der Waals surface area contributed by atoms with E-state index in [-0.39, 0.29) is 61.0 Å². The number of benzene rings is 3. The fraction of sp³-hybridized carbons (Fsp3) is 0.534. The first-order valence-corrected chi connectivity index (χ1v) is 39.9. The number of hydrogen-bond acceptors (Lipinski definition) is 15. The molecule has 6 aliphatic rings. The Hall–Kier alpha value is -1.38. The van der Waals surface area contributed by atoms with E-state index in [9.17, 15) is 43.2 Å². The normalized spacial score (nSPS) is 17.2. The van der Waals surface area contributed by atoms with Crippen molar-refractivity contribution < 1.29 is 71.6 Å². The average molecular weight is 2310 g/mol. The van der Waals surface area contributed by atoms with Crippen molar-refractivity contribution >= 4 is 274 Å². The lowest BCUT2D eigenvalue weighted by Gasteiger charge is -2.30. The summed E-state index contributed by atoms with van der Waals surface area (Å²) in [6, 6.07) is -1.79. The minimum absolute atomic E-state index is 0.115. The van der Waals surface area contributed by atoms with Gasteiger partial charge in [0.25, 0.3) is 35.4 Å². The van der Waals surface area contributed by atoms with E-state index in [1.807, 2.05) is 0 Å². The van der Waals surface area contributed by atoms with Crippen molar-refractivity contribution in [3.8, 4) is 0 Å². The number of ether oxygens (including phenoxy) is 6. The summed E-state index contributed by atoms with van der Waals surface area (Å²) < 4.78 is 37.4. The van der Waals surface area contributed by atoms with Crippen LogP contribution in [0.5, 0.6) is 0 Å². The average Bonchev–Trinajstić information content (AvgIpc) is 0.775. The molecule has 0 atom stereocenters. The summed E-state index contributed by atoms with van der Waals surface area (Å²) in [6.07, 6.45) is 1.05.